The van der Waals surface area contributed by atoms with Crippen LogP contribution in [0.4, 0.5) is 0 Å². The summed E-state index contributed by atoms with van der Waals surface area (Å²) in [5.74, 6) is 0. The second-order valence-corrected chi connectivity index (χ2v) is 1.41. The minimum atomic E-state index is 0. The van der Waals surface area contributed by atoms with Crippen LogP contribution in [0.2, 0.25) is 0 Å². The lowest BCUT2D eigenvalue weighted by Crippen LogP contribution is -1.97. The molecule has 0 saturated carbocycles. The molecular weight excluding hydrogens is 94.9 g/mol. The summed E-state index contributed by atoms with van der Waals surface area (Å²) in [7, 11) is 5.36. The zero-order valence-corrected chi connectivity index (χ0v) is 3.96. The Balaban J connectivity index is 0.000000490. The average Bonchev–Trinajstić information content (AvgIpc) is 1.69. The Morgan fingerprint density at radius 2 is 1.50 bits per heavy atom. The maximum Gasteiger partial charge on any atom is 0.113 e. The van der Waals surface area contributed by atoms with E-state index in [9.17, 15) is 0 Å². The third kappa shape index (κ3) is 1.83. The van der Waals surface area contributed by atoms with Crippen LogP contribution in [0, 0.1) is 0 Å². The van der Waals surface area contributed by atoms with Gasteiger partial charge in [-0.3, -0.25) is 0 Å². The lowest BCUT2D eigenvalue weighted by atomic mass is 9.97. The van der Waals surface area contributed by atoms with Crippen molar-refractivity contribution in [3.8, 4) is 0 Å². The van der Waals surface area contributed by atoms with Crippen LogP contribution in [0.25, 0.3) is 0 Å². The van der Waals surface area contributed by atoms with Gasteiger partial charge in [-0.15, -0.1) is 0 Å². The van der Waals surface area contributed by atoms with Gasteiger partial charge in [0.2, 0.25) is 0 Å². The first-order chi connectivity index (χ1) is 3.39. The summed E-state index contributed by atoms with van der Waals surface area (Å²) in [4.78, 5) is 0. The number of hydrogen-bond donors (Lipinski definition) is 0. The van der Waals surface area contributed by atoms with Gasteiger partial charge in [0.15, 0.2) is 0 Å². The van der Waals surface area contributed by atoms with E-state index in [1.54, 1.807) is 0 Å². The Morgan fingerprint density at radius 1 is 1.00 bits per heavy atom. The standard InChI is InChI=1S/C6H5B.CH4/c7-6-4-2-1-3-5-6;/h1-5H;1H4. The van der Waals surface area contributed by atoms with E-state index >= 15 is 0 Å². The number of benzene rings is 1. The van der Waals surface area contributed by atoms with E-state index in [-0.39, 0.29) is 7.43 Å². The fraction of sp³-hybridized carbons (Fsp3) is 0.143. The van der Waals surface area contributed by atoms with Crippen LogP contribution < -0.4 is 5.46 Å². The third-order valence-corrected chi connectivity index (χ3v) is 0.800. The van der Waals surface area contributed by atoms with Crippen molar-refractivity contribution >= 4 is 13.3 Å². The molecule has 0 N–H and O–H groups in total. The highest BCUT2D eigenvalue weighted by molar-refractivity contribution is 6.32. The maximum absolute atomic E-state index is 5.36. The van der Waals surface area contributed by atoms with Gasteiger partial charge >= 0.3 is 0 Å². The molecule has 1 heteroatoms. The van der Waals surface area contributed by atoms with Crippen molar-refractivity contribution in [3.05, 3.63) is 30.3 Å². The summed E-state index contributed by atoms with van der Waals surface area (Å²) in [6.45, 7) is 0. The Labute approximate surface area is 52.0 Å². The zero-order valence-electron chi connectivity index (χ0n) is 3.96. The van der Waals surface area contributed by atoms with Crippen LogP contribution in [0.15, 0.2) is 30.3 Å². The molecule has 0 unspecified atom stereocenters. The third-order valence-electron chi connectivity index (χ3n) is 0.800. The average molecular weight is 104 g/mol. The Hall–Kier alpha value is -0.715. The molecule has 1 aromatic rings. The molecule has 0 aromatic heterocycles. The van der Waals surface area contributed by atoms with E-state index < -0.39 is 0 Å². The molecule has 1 aromatic carbocycles. The van der Waals surface area contributed by atoms with Gasteiger partial charge in [-0.1, -0.05) is 43.2 Å². The topological polar surface area (TPSA) is 0 Å². The molecule has 0 fully saturated rings. The molecule has 0 atom stereocenters. The van der Waals surface area contributed by atoms with Gasteiger partial charge in [0.05, 0.1) is 0 Å². The first kappa shape index (κ1) is 7.28. The second-order valence-electron chi connectivity index (χ2n) is 1.41. The van der Waals surface area contributed by atoms with E-state index in [0.717, 1.165) is 5.46 Å². The number of rotatable bonds is 0. The second kappa shape index (κ2) is 3.31. The Morgan fingerprint density at radius 3 is 1.75 bits per heavy atom. The highest BCUT2D eigenvalue weighted by Gasteiger charge is 1.71. The summed E-state index contributed by atoms with van der Waals surface area (Å²) in [6, 6.07) is 9.49. The highest BCUT2D eigenvalue weighted by atomic mass is 13.7. The lowest BCUT2D eigenvalue weighted by Gasteiger charge is -1.83. The van der Waals surface area contributed by atoms with Gasteiger partial charge in [0, 0.05) is 0 Å². The van der Waals surface area contributed by atoms with Gasteiger partial charge in [0.25, 0.3) is 0 Å². The molecule has 0 aliphatic carbocycles. The molecule has 0 heterocycles. The van der Waals surface area contributed by atoms with Crippen molar-refractivity contribution in [1.82, 2.24) is 0 Å². The summed E-state index contributed by atoms with van der Waals surface area (Å²) in [6.07, 6.45) is 0. The van der Waals surface area contributed by atoms with Crippen LogP contribution >= 0.6 is 0 Å². The van der Waals surface area contributed by atoms with Crippen molar-refractivity contribution in [2.75, 3.05) is 0 Å². The first-order valence-corrected chi connectivity index (χ1v) is 2.20. The normalized spacial score (nSPS) is 7.50. The monoisotopic (exact) mass is 104 g/mol. The first-order valence-electron chi connectivity index (χ1n) is 2.20. The van der Waals surface area contributed by atoms with Crippen LogP contribution in [0.1, 0.15) is 7.43 Å². The molecule has 0 bridgehead atoms. The predicted octanol–water partition coefficient (Wildman–Crippen LogP) is 1.12. The molecule has 0 spiro atoms. The van der Waals surface area contributed by atoms with Crippen molar-refractivity contribution in [1.29, 1.82) is 0 Å². The minimum absolute atomic E-state index is 0. The van der Waals surface area contributed by atoms with Crippen molar-refractivity contribution < 1.29 is 0 Å². The Bertz CT molecular complexity index is 134. The number of hydrogen-bond acceptors (Lipinski definition) is 0. The molecule has 0 nitrogen and oxygen atoms in total. The van der Waals surface area contributed by atoms with E-state index in [0.29, 0.717) is 0 Å². The molecule has 2 radical (unpaired) electrons. The SMILES string of the molecule is C.[B]c1ccccc1. The largest absolute Gasteiger partial charge is 0.113 e. The van der Waals surface area contributed by atoms with E-state index in [1.165, 1.54) is 0 Å². The predicted molar refractivity (Wildman–Crippen MR) is 38.6 cm³/mol. The van der Waals surface area contributed by atoms with Gasteiger partial charge in [-0.25, -0.2) is 0 Å². The molecule has 0 saturated heterocycles. The molecule has 0 aliphatic rings. The zero-order chi connectivity index (χ0) is 5.11. The van der Waals surface area contributed by atoms with E-state index in [2.05, 4.69) is 0 Å². The smallest absolute Gasteiger partial charge is 0.0967 e. The summed E-state index contributed by atoms with van der Waals surface area (Å²) in [5, 5.41) is 0. The van der Waals surface area contributed by atoms with Crippen molar-refractivity contribution in [2.45, 2.75) is 7.43 Å². The molecule has 0 aliphatic heterocycles. The summed E-state index contributed by atoms with van der Waals surface area (Å²) in [5.41, 5.74) is 0.822. The van der Waals surface area contributed by atoms with Crippen molar-refractivity contribution in [3.63, 3.8) is 0 Å². The van der Waals surface area contributed by atoms with Gasteiger partial charge < -0.3 is 0 Å². The van der Waals surface area contributed by atoms with E-state index in [4.69, 9.17) is 7.85 Å². The van der Waals surface area contributed by atoms with Crippen molar-refractivity contribution in [2.24, 2.45) is 0 Å². The lowest BCUT2D eigenvalue weighted by molar-refractivity contribution is 1.78. The molecule has 0 amide bonds. The molecule has 1 rings (SSSR count). The van der Waals surface area contributed by atoms with E-state index in [1.807, 2.05) is 30.3 Å². The molecule has 40 valence electrons. The van der Waals surface area contributed by atoms with Crippen LogP contribution in [0.5, 0.6) is 0 Å². The fourth-order valence-electron chi connectivity index (χ4n) is 0.453. The van der Waals surface area contributed by atoms with Gasteiger partial charge in [0.1, 0.15) is 7.85 Å². The fourth-order valence-corrected chi connectivity index (χ4v) is 0.453. The van der Waals surface area contributed by atoms with Gasteiger partial charge in [-0.2, -0.15) is 0 Å². The highest BCUT2D eigenvalue weighted by Crippen LogP contribution is 1.76. The van der Waals surface area contributed by atoms with Crippen LogP contribution in [-0.4, -0.2) is 7.85 Å². The minimum Gasteiger partial charge on any atom is -0.0967 e. The van der Waals surface area contributed by atoms with Gasteiger partial charge in [-0.05, 0) is 0 Å². The van der Waals surface area contributed by atoms with Crippen LogP contribution in [-0.2, 0) is 0 Å². The quantitative estimate of drug-likeness (QED) is 0.432. The Kier molecular flexibility index (Phi) is 3.01. The summed E-state index contributed by atoms with van der Waals surface area (Å²) < 4.78 is 0. The molecule has 8 heavy (non-hydrogen) atoms. The maximum atomic E-state index is 5.36. The van der Waals surface area contributed by atoms with Crippen LogP contribution in [0.3, 0.4) is 0 Å². The molecular formula is C7H9B. The summed E-state index contributed by atoms with van der Waals surface area (Å²) >= 11 is 0.